The van der Waals surface area contributed by atoms with Crippen LogP contribution in [0.15, 0.2) is 0 Å². The second-order valence-corrected chi connectivity index (χ2v) is 8.90. The number of hydrogen-bond acceptors (Lipinski definition) is 2. The molecule has 1 aliphatic heterocycles. The summed E-state index contributed by atoms with van der Waals surface area (Å²) in [6, 6.07) is 0.493. The Morgan fingerprint density at radius 1 is 1.09 bits per heavy atom. The van der Waals surface area contributed by atoms with Crippen LogP contribution in [0.25, 0.3) is 0 Å². The average molecular weight is 309 g/mol. The number of piperidine rings is 1. The molecule has 2 atom stereocenters. The molecule has 1 N–H and O–H groups in total. The normalized spacial score (nSPS) is 27.9. The lowest BCUT2D eigenvalue weighted by molar-refractivity contribution is -0.131. The monoisotopic (exact) mass is 308 g/mol. The quantitative estimate of drug-likeness (QED) is 0.856. The van der Waals surface area contributed by atoms with E-state index in [4.69, 9.17) is 0 Å². The lowest BCUT2D eigenvalue weighted by Gasteiger charge is -2.40. The van der Waals surface area contributed by atoms with Crippen molar-refractivity contribution in [2.45, 2.75) is 78.7 Å². The van der Waals surface area contributed by atoms with Gasteiger partial charge in [0.1, 0.15) is 0 Å². The molecule has 2 aliphatic rings. The first-order valence-electron chi connectivity index (χ1n) is 9.32. The highest BCUT2D eigenvalue weighted by molar-refractivity contribution is 5.73. The van der Waals surface area contributed by atoms with Gasteiger partial charge >= 0.3 is 0 Å². The molecule has 2 fully saturated rings. The van der Waals surface area contributed by atoms with E-state index < -0.39 is 0 Å². The van der Waals surface area contributed by atoms with Gasteiger partial charge in [0.05, 0.1) is 0 Å². The summed E-state index contributed by atoms with van der Waals surface area (Å²) in [5.74, 6) is 1.74. The Kier molecular flexibility index (Phi) is 6.31. The first-order chi connectivity index (χ1) is 10.3. The van der Waals surface area contributed by atoms with Crippen molar-refractivity contribution in [3.05, 3.63) is 0 Å². The number of hydrogen-bond donors (Lipinski definition) is 1. The van der Waals surface area contributed by atoms with Crippen molar-refractivity contribution in [1.82, 2.24) is 10.2 Å². The van der Waals surface area contributed by atoms with Gasteiger partial charge in [0.15, 0.2) is 0 Å². The van der Waals surface area contributed by atoms with E-state index in [2.05, 4.69) is 31.0 Å². The highest BCUT2D eigenvalue weighted by Crippen LogP contribution is 2.30. The van der Waals surface area contributed by atoms with Crippen LogP contribution in [0.3, 0.4) is 0 Å². The molecule has 1 saturated carbocycles. The SMILES string of the molecule is CC(=O)N1CC(CC(C)(C)C)CC(NCC2CCCCC2)C1. The van der Waals surface area contributed by atoms with Crippen molar-refractivity contribution in [2.75, 3.05) is 19.6 Å². The smallest absolute Gasteiger partial charge is 0.219 e. The summed E-state index contributed by atoms with van der Waals surface area (Å²) in [6.45, 7) is 11.7. The predicted molar refractivity (Wildman–Crippen MR) is 92.8 cm³/mol. The highest BCUT2D eigenvalue weighted by Gasteiger charge is 2.31. The maximum Gasteiger partial charge on any atom is 0.219 e. The zero-order chi connectivity index (χ0) is 16.2. The van der Waals surface area contributed by atoms with Gasteiger partial charge in [-0.1, -0.05) is 40.0 Å². The van der Waals surface area contributed by atoms with Crippen molar-refractivity contribution in [2.24, 2.45) is 17.3 Å². The third-order valence-electron chi connectivity index (χ3n) is 5.30. The van der Waals surface area contributed by atoms with E-state index in [1.54, 1.807) is 6.92 Å². The fourth-order valence-electron chi connectivity index (χ4n) is 4.35. The lowest BCUT2D eigenvalue weighted by Crippen LogP contribution is -2.52. The minimum Gasteiger partial charge on any atom is -0.341 e. The summed E-state index contributed by atoms with van der Waals surface area (Å²) < 4.78 is 0. The fourth-order valence-corrected chi connectivity index (χ4v) is 4.35. The van der Waals surface area contributed by atoms with Crippen LogP contribution >= 0.6 is 0 Å². The van der Waals surface area contributed by atoms with Crippen LogP contribution in [-0.4, -0.2) is 36.5 Å². The summed E-state index contributed by atoms with van der Waals surface area (Å²) in [5, 5.41) is 3.80. The van der Waals surface area contributed by atoms with Gasteiger partial charge in [-0.05, 0) is 49.5 Å². The number of rotatable bonds is 4. The molecule has 0 radical (unpaired) electrons. The molecule has 1 aliphatic carbocycles. The van der Waals surface area contributed by atoms with Gasteiger partial charge < -0.3 is 10.2 Å². The molecular formula is C19H36N2O. The maximum atomic E-state index is 11.9. The summed E-state index contributed by atoms with van der Waals surface area (Å²) in [6.07, 6.45) is 9.45. The second kappa shape index (κ2) is 7.81. The summed E-state index contributed by atoms with van der Waals surface area (Å²) >= 11 is 0. The third-order valence-corrected chi connectivity index (χ3v) is 5.30. The number of carbonyl (C=O) groups excluding carboxylic acids is 1. The molecule has 2 unspecified atom stereocenters. The van der Waals surface area contributed by atoms with Crippen LogP contribution in [0.5, 0.6) is 0 Å². The van der Waals surface area contributed by atoms with Gasteiger partial charge in [-0.15, -0.1) is 0 Å². The van der Waals surface area contributed by atoms with E-state index in [0.717, 1.165) is 25.6 Å². The molecule has 0 aromatic rings. The van der Waals surface area contributed by atoms with Crippen LogP contribution in [0.2, 0.25) is 0 Å². The molecule has 1 heterocycles. The number of likely N-dealkylation sites (tertiary alicyclic amines) is 1. The Hall–Kier alpha value is -0.570. The van der Waals surface area contributed by atoms with Gasteiger partial charge in [0.2, 0.25) is 5.91 Å². The van der Waals surface area contributed by atoms with E-state index in [0.29, 0.717) is 17.4 Å². The van der Waals surface area contributed by atoms with Gasteiger partial charge in [-0.2, -0.15) is 0 Å². The summed E-state index contributed by atoms with van der Waals surface area (Å²) in [4.78, 5) is 13.9. The Morgan fingerprint density at radius 3 is 2.36 bits per heavy atom. The minimum atomic E-state index is 0.239. The molecule has 0 spiro atoms. The Bertz CT molecular complexity index is 355. The van der Waals surface area contributed by atoms with Crippen LogP contribution in [0.4, 0.5) is 0 Å². The van der Waals surface area contributed by atoms with Crippen molar-refractivity contribution >= 4 is 5.91 Å². The topological polar surface area (TPSA) is 32.3 Å². The number of nitrogens with one attached hydrogen (secondary N) is 1. The van der Waals surface area contributed by atoms with Gasteiger partial charge in [0, 0.05) is 26.1 Å². The molecule has 1 saturated heterocycles. The van der Waals surface area contributed by atoms with E-state index in [1.165, 1.54) is 44.9 Å². The van der Waals surface area contributed by atoms with Crippen LogP contribution in [-0.2, 0) is 4.79 Å². The van der Waals surface area contributed by atoms with Crippen molar-refractivity contribution in [3.63, 3.8) is 0 Å². The molecule has 0 aromatic carbocycles. The van der Waals surface area contributed by atoms with E-state index in [-0.39, 0.29) is 5.91 Å². The van der Waals surface area contributed by atoms with Crippen molar-refractivity contribution < 1.29 is 4.79 Å². The van der Waals surface area contributed by atoms with E-state index in [9.17, 15) is 4.79 Å². The molecule has 2 rings (SSSR count). The Morgan fingerprint density at radius 2 is 1.77 bits per heavy atom. The number of nitrogens with zero attached hydrogens (tertiary/aromatic N) is 1. The molecule has 22 heavy (non-hydrogen) atoms. The van der Waals surface area contributed by atoms with Crippen molar-refractivity contribution in [3.8, 4) is 0 Å². The summed E-state index contributed by atoms with van der Waals surface area (Å²) in [5.41, 5.74) is 0.346. The largest absolute Gasteiger partial charge is 0.341 e. The second-order valence-electron chi connectivity index (χ2n) is 8.90. The molecule has 0 bridgehead atoms. The lowest BCUT2D eigenvalue weighted by atomic mass is 9.80. The average Bonchev–Trinajstić information content (AvgIpc) is 2.44. The molecular weight excluding hydrogens is 272 g/mol. The number of carbonyl (C=O) groups is 1. The van der Waals surface area contributed by atoms with Crippen LogP contribution in [0, 0.1) is 17.3 Å². The molecule has 1 amide bonds. The molecule has 3 nitrogen and oxygen atoms in total. The molecule has 0 aromatic heterocycles. The van der Waals surface area contributed by atoms with Gasteiger partial charge in [0.25, 0.3) is 0 Å². The van der Waals surface area contributed by atoms with Crippen molar-refractivity contribution in [1.29, 1.82) is 0 Å². The van der Waals surface area contributed by atoms with Gasteiger partial charge in [-0.3, -0.25) is 4.79 Å². The zero-order valence-corrected chi connectivity index (χ0v) is 15.2. The Balaban J connectivity index is 1.86. The van der Waals surface area contributed by atoms with Gasteiger partial charge in [-0.25, -0.2) is 0 Å². The third kappa shape index (κ3) is 5.91. The molecule has 128 valence electrons. The fraction of sp³-hybridized carbons (Fsp3) is 0.947. The first-order valence-corrected chi connectivity index (χ1v) is 9.32. The first kappa shape index (κ1) is 17.8. The number of amides is 1. The van der Waals surface area contributed by atoms with E-state index >= 15 is 0 Å². The highest BCUT2D eigenvalue weighted by atomic mass is 16.2. The zero-order valence-electron chi connectivity index (χ0n) is 15.2. The predicted octanol–water partition coefficient (Wildman–Crippen LogP) is 3.83. The standard InChI is InChI=1S/C19H36N2O/c1-15(22)21-13-17(11-19(2,3)4)10-18(14-21)20-12-16-8-6-5-7-9-16/h16-18,20H,5-14H2,1-4H3. The van der Waals surface area contributed by atoms with Crippen LogP contribution < -0.4 is 5.32 Å². The van der Waals surface area contributed by atoms with E-state index in [1.807, 2.05) is 0 Å². The summed E-state index contributed by atoms with van der Waals surface area (Å²) in [7, 11) is 0. The minimum absolute atomic E-state index is 0.239. The molecule has 3 heteroatoms. The van der Waals surface area contributed by atoms with Crippen LogP contribution in [0.1, 0.15) is 72.6 Å². The maximum absolute atomic E-state index is 11.9. The Labute approximate surface area is 137 Å².